The molecular weight excluding hydrogens is 256 g/mol. The van der Waals surface area contributed by atoms with Gasteiger partial charge < -0.3 is 10.6 Å². The summed E-state index contributed by atoms with van der Waals surface area (Å²) in [6.45, 7) is -0.777. The monoisotopic (exact) mass is 264 g/mol. The van der Waals surface area contributed by atoms with Crippen molar-refractivity contribution in [3.8, 4) is 0 Å². The molecule has 18 heavy (non-hydrogen) atoms. The van der Waals surface area contributed by atoms with E-state index in [4.69, 9.17) is 0 Å². The lowest BCUT2D eigenvalue weighted by atomic mass is 10.1. The number of primary amides is 1. The zero-order valence-corrected chi connectivity index (χ0v) is 8.87. The Bertz CT molecular complexity index is 454. The van der Waals surface area contributed by atoms with E-state index < -0.39 is 30.2 Å². The fraction of sp³-hybridized carbons (Fsp3) is 0.200. The normalized spacial score (nSPS) is 12.3. The van der Waals surface area contributed by atoms with Gasteiger partial charge in [-0.1, -0.05) is 5.16 Å². The quantitative estimate of drug-likeness (QED) is 0.510. The topological polar surface area (TPSA) is 64.7 Å². The van der Waals surface area contributed by atoms with E-state index in [-0.39, 0.29) is 5.56 Å². The van der Waals surface area contributed by atoms with Crippen molar-refractivity contribution in [2.24, 2.45) is 10.9 Å². The van der Waals surface area contributed by atoms with Crippen LogP contribution in [-0.2, 0) is 9.63 Å². The van der Waals surface area contributed by atoms with E-state index in [1.54, 1.807) is 0 Å². The van der Waals surface area contributed by atoms with Crippen molar-refractivity contribution in [2.45, 2.75) is 6.18 Å². The summed E-state index contributed by atoms with van der Waals surface area (Å²) in [5, 5.41) is 2.80. The number of nitrogens with zero attached hydrogens (tertiary/aromatic N) is 1. The molecule has 0 radical (unpaired) electrons. The number of halogens is 4. The highest BCUT2D eigenvalue weighted by Crippen LogP contribution is 2.23. The first-order valence-corrected chi connectivity index (χ1v) is 4.62. The molecule has 8 heteroatoms. The summed E-state index contributed by atoms with van der Waals surface area (Å²) in [5.74, 6) is -1.64. The van der Waals surface area contributed by atoms with Gasteiger partial charge in [0.15, 0.2) is 12.3 Å². The van der Waals surface area contributed by atoms with E-state index in [1.807, 2.05) is 0 Å². The molecule has 0 spiro atoms. The lowest BCUT2D eigenvalue weighted by Crippen LogP contribution is -2.25. The number of hydrogen-bond acceptors (Lipinski definition) is 3. The predicted molar refractivity (Wildman–Crippen MR) is 54.1 cm³/mol. The van der Waals surface area contributed by atoms with Crippen molar-refractivity contribution < 1.29 is 27.2 Å². The number of amides is 1. The fourth-order valence-corrected chi connectivity index (χ4v) is 1.04. The van der Waals surface area contributed by atoms with Crippen molar-refractivity contribution in [2.75, 3.05) is 6.61 Å². The van der Waals surface area contributed by atoms with Crippen molar-refractivity contribution in [3.63, 3.8) is 0 Å². The average molecular weight is 264 g/mol. The highest BCUT2D eigenvalue weighted by atomic mass is 19.4. The first-order valence-electron chi connectivity index (χ1n) is 4.62. The first-order chi connectivity index (χ1) is 8.30. The number of hydrogen-bond donors (Lipinski definition) is 1. The Hall–Kier alpha value is -2.12. The summed E-state index contributed by atoms with van der Waals surface area (Å²) in [7, 11) is 0. The SMILES string of the molecule is NC(=O)CO/N=C(/c1ccc(F)cc1)C(F)(F)F. The molecule has 0 aliphatic rings. The molecule has 0 bridgehead atoms. The van der Waals surface area contributed by atoms with Gasteiger partial charge in [-0.2, -0.15) is 13.2 Å². The van der Waals surface area contributed by atoms with Gasteiger partial charge in [0.25, 0.3) is 5.91 Å². The average Bonchev–Trinajstić information content (AvgIpc) is 2.24. The Labute approximate surface area is 99.0 Å². The molecule has 4 nitrogen and oxygen atoms in total. The van der Waals surface area contributed by atoms with Gasteiger partial charge in [0.2, 0.25) is 0 Å². The van der Waals surface area contributed by atoms with Gasteiger partial charge in [-0.15, -0.1) is 0 Å². The Morgan fingerprint density at radius 3 is 2.28 bits per heavy atom. The number of nitrogens with two attached hydrogens (primary N) is 1. The third kappa shape index (κ3) is 4.04. The van der Waals surface area contributed by atoms with E-state index in [9.17, 15) is 22.4 Å². The van der Waals surface area contributed by atoms with Gasteiger partial charge in [-0.3, -0.25) is 4.79 Å². The Morgan fingerprint density at radius 1 is 1.28 bits per heavy atom. The Balaban J connectivity index is 2.99. The van der Waals surface area contributed by atoms with Gasteiger partial charge in [0.1, 0.15) is 5.82 Å². The van der Waals surface area contributed by atoms with Crippen LogP contribution in [0.5, 0.6) is 0 Å². The molecule has 0 aliphatic carbocycles. The molecule has 0 aliphatic heterocycles. The summed E-state index contributed by atoms with van der Waals surface area (Å²) in [6, 6.07) is 3.50. The molecule has 1 aromatic carbocycles. The minimum absolute atomic E-state index is 0.381. The second-order valence-corrected chi connectivity index (χ2v) is 3.18. The zero-order chi connectivity index (χ0) is 13.8. The Kier molecular flexibility index (Phi) is 4.24. The highest BCUT2D eigenvalue weighted by molar-refractivity contribution is 6.04. The molecule has 0 saturated heterocycles. The number of oxime groups is 1. The Morgan fingerprint density at radius 2 is 1.83 bits per heavy atom. The molecule has 0 unspecified atom stereocenters. The highest BCUT2D eigenvalue weighted by Gasteiger charge is 2.37. The molecule has 0 aromatic heterocycles. The van der Waals surface area contributed by atoms with Gasteiger partial charge >= 0.3 is 6.18 Å². The molecule has 2 N–H and O–H groups in total. The van der Waals surface area contributed by atoms with E-state index >= 15 is 0 Å². The molecular formula is C10H8F4N2O2. The van der Waals surface area contributed by atoms with Crippen LogP contribution in [0.3, 0.4) is 0 Å². The third-order valence-electron chi connectivity index (χ3n) is 1.75. The second-order valence-electron chi connectivity index (χ2n) is 3.18. The van der Waals surface area contributed by atoms with E-state index in [0.29, 0.717) is 0 Å². The van der Waals surface area contributed by atoms with Crippen molar-refractivity contribution in [1.82, 2.24) is 0 Å². The summed E-state index contributed by atoms with van der Waals surface area (Å²) < 4.78 is 50.4. The van der Waals surface area contributed by atoms with Gasteiger partial charge in [-0.25, -0.2) is 4.39 Å². The maximum absolute atomic E-state index is 12.6. The molecule has 0 atom stereocenters. The summed E-state index contributed by atoms with van der Waals surface area (Å²) in [4.78, 5) is 14.5. The third-order valence-corrected chi connectivity index (χ3v) is 1.75. The van der Waals surface area contributed by atoms with Crippen LogP contribution in [0.1, 0.15) is 5.56 Å². The summed E-state index contributed by atoms with van der Waals surface area (Å²) in [5.41, 5.74) is 2.93. The summed E-state index contributed by atoms with van der Waals surface area (Å²) in [6.07, 6.45) is -4.80. The van der Waals surface area contributed by atoms with Crippen LogP contribution < -0.4 is 5.73 Å². The fourth-order valence-electron chi connectivity index (χ4n) is 1.04. The molecule has 0 saturated carbocycles. The van der Waals surface area contributed by atoms with Crippen LogP contribution in [0.15, 0.2) is 29.4 Å². The molecule has 0 fully saturated rings. The number of benzene rings is 1. The van der Waals surface area contributed by atoms with Gasteiger partial charge in [0, 0.05) is 5.56 Å². The van der Waals surface area contributed by atoms with E-state index in [2.05, 4.69) is 15.7 Å². The van der Waals surface area contributed by atoms with Crippen molar-refractivity contribution in [3.05, 3.63) is 35.6 Å². The van der Waals surface area contributed by atoms with Crippen LogP contribution in [-0.4, -0.2) is 24.4 Å². The first kappa shape index (κ1) is 13.9. The largest absolute Gasteiger partial charge is 0.437 e. The number of rotatable bonds is 4. The van der Waals surface area contributed by atoms with E-state index in [0.717, 1.165) is 24.3 Å². The molecule has 0 heterocycles. The minimum atomic E-state index is -4.80. The van der Waals surface area contributed by atoms with Crippen LogP contribution in [0.25, 0.3) is 0 Å². The molecule has 1 aromatic rings. The second kappa shape index (κ2) is 5.48. The number of carbonyl (C=O) groups is 1. The van der Waals surface area contributed by atoms with Crippen molar-refractivity contribution >= 4 is 11.6 Å². The van der Waals surface area contributed by atoms with Crippen LogP contribution >= 0.6 is 0 Å². The lowest BCUT2D eigenvalue weighted by Gasteiger charge is -2.09. The van der Waals surface area contributed by atoms with Crippen LogP contribution in [0, 0.1) is 5.82 Å². The minimum Gasteiger partial charge on any atom is -0.385 e. The number of alkyl halides is 3. The van der Waals surface area contributed by atoms with Crippen LogP contribution in [0.4, 0.5) is 17.6 Å². The number of carbonyl (C=O) groups excluding carboxylic acids is 1. The predicted octanol–water partition coefficient (Wildman–Crippen LogP) is 1.59. The van der Waals surface area contributed by atoms with Crippen molar-refractivity contribution in [1.29, 1.82) is 0 Å². The standard InChI is InChI=1S/C10H8F4N2O2/c11-7-3-1-6(2-4-7)9(10(12,13)14)16-18-5-8(15)17/h1-4H,5H2,(H2,15,17)/b16-9-. The zero-order valence-electron chi connectivity index (χ0n) is 8.87. The smallest absolute Gasteiger partial charge is 0.385 e. The maximum Gasteiger partial charge on any atom is 0.437 e. The molecule has 98 valence electrons. The summed E-state index contributed by atoms with van der Waals surface area (Å²) >= 11 is 0. The van der Waals surface area contributed by atoms with Gasteiger partial charge in [0.05, 0.1) is 0 Å². The van der Waals surface area contributed by atoms with Crippen LogP contribution in [0.2, 0.25) is 0 Å². The van der Waals surface area contributed by atoms with Gasteiger partial charge in [-0.05, 0) is 24.3 Å². The lowest BCUT2D eigenvalue weighted by molar-refractivity contribution is -0.122. The van der Waals surface area contributed by atoms with E-state index in [1.165, 1.54) is 0 Å². The molecule has 1 amide bonds. The molecule has 1 rings (SSSR count). The maximum atomic E-state index is 12.6.